The van der Waals surface area contributed by atoms with Crippen molar-refractivity contribution in [3.05, 3.63) is 23.8 Å². The molecule has 2 rings (SSSR count). The lowest BCUT2D eigenvalue weighted by Crippen LogP contribution is -2.41. The van der Waals surface area contributed by atoms with E-state index in [1.165, 1.54) is 40.2 Å². The molecule has 0 aromatic heterocycles. The van der Waals surface area contributed by atoms with E-state index >= 15 is 0 Å². The summed E-state index contributed by atoms with van der Waals surface area (Å²) < 4.78 is 15.1. The summed E-state index contributed by atoms with van der Waals surface area (Å²) in [4.78, 5) is 48.6. The molecule has 1 aromatic rings. The molecule has 140 valence electrons. The van der Waals surface area contributed by atoms with Crippen molar-refractivity contribution in [2.75, 3.05) is 27.4 Å². The second kappa shape index (κ2) is 7.42. The van der Waals surface area contributed by atoms with Crippen molar-refractivity contribution in [2.24, 2.45) is 0 Å². The molecule has 9 nitrogen and oxygen atoms in total. The van der Waals surface area contributed by atoms with Gasteiger partial charge in [0.15, 0.2) is 6.61 Å². The number of esters is 1. The number of nitrogens with one attached hydrogen (secondary N) is 1. The summed E-state index contributed by atoms with van der Waals surface area (Å²) in [7, 11) is 2.88. The van der Waals surface area contributed by atoms with Crippen molar-refractivity contribution in [3.8, 4) is 11.5 Å². The first-order valence-corrected chi connectivity index (χ1v) is 7.74. The second-order valence-electron chi connectivity index (χ2n) is 6.10. The van der Waals surface area contributed by atoms with Gasteiger partial charge in [0.05, 0.1) is 19.8 Å². The Labute approximate surface area is 150 Å². The van der Waals surface area contributed by atoms with Gasteiger partial charge < -0.3 is 19.5 Å². The second-order valence-corrected chi connectivity index (χ2v) is 6.10. The maximum atomic E-state index is 12.2. The minimum atomic E-state index is -1.08. The van der Waals surface area contributed by atoms with E-state index < -0.39 is 42.4 Å². The molecule has 3 amide bonds. The molecule has 1 aromatic carbocycles. The molecule has 1 saturated heterocycles. The highest BCUT2D eigenvalue weighted by Gasteiger charge is 2.45. The molecule has 0 aliphatic carbocycles. The van der Waals surface area contributed by atoms with E-state index in [2.05, 4.69) is 5.32 Å². The Morgan fingerprint density at radius 3 is 2.38 bits per heavy atom. The maximum Gasteiger partial charge on any atom is 0.326 e. The van der Waals surface area contributed by atoms with Crippen LogP contribution in [0.5, 0.6) is 11.5 Å². The lowest BCUT2D eigenvalue weighted by Gasteiger charge is -2.15. The number of carbonyl (C=O) groups excluding carboxylic acids is 4. The van der Waals surface area contributed by atoms with Crippen LogP contribution in [-0.4, -0.2) is 61.5 Å². The fourth-order valence-electron chi connectivity index (χ4n) is 2.39. The number of hydrogen-bond acceptors (Lipinski definition) is 7. The van der Waals surface area contributed by atoms with Crippen molar-refractivity contribution in [3.63, 3.8) is 0 Å². The maximum absolute atomic E-state index is 12.2. The number of urea groups is 1. The van der Waals surface area contributed by atoms with Crippen LogP contribution in [0, 0.1) is 0 Å². The van der Waals surface area contributed by atoms with Crippen LogP contribution in [0.25, 0.3) is 0 Å². The van der Waals surface area contributed by atoms with Gasteiger partial charge >= 0.3 is 12.0 Å². The quantitative estimate of drug-likeness (QED) is 0.432. The predicted octanol–water partition coefficient (Wildman–Crippen LogP) is 0.760. The summed E-state index contributed by atoms with van der Waals surface area (Å²) in [6.07, 6.45) is 0. The highest BCUT2D eigenvalue weighted by Crippen LogP contribution is 2.25. The Bertz CT molecular complexity index is 757. The van der Waals surface area contributed by atoms with E-state index in [1.54, 1.807) is 6.07 Å². The first kappa shape index (κ1) is 19.2. The average Bonchev–Trinajstić information content (AvgIpc) is 2.80. The molecule has 1 heterocycles. The summed E-state index contributed by atoms with van der Waals surface area (Å²) >= 11 is 0. The summed E-state index contributed by atoms with van der Waals surface area (Å²) in [5.74, 6) is -1.11. The number of rotatable bonds is 7. The van der Waals surface area contributed by atoms with Gasteiger partial charge in [-0.2, -0.15) is 0 Å². The summed E-state index contributed by atoms with van der Waals surface area (Å²) in [6.45, 7) is 1.94. The molecule has 26 heavy (non-hydrogen) atoms. The molecule has 0 radical (unpaired) electrons. The Balaban J connectivity index is 1.96. The number of ketones is 1. The molecule has 0 atom stereocenters. The molecular formula is C17H20N2O7. The molecule has 1 aliphatic heterocycles. The van der Waals surface area contributed by atoms with Crippen molar-refractivity contribution < 1.29 is 33.4 Å². The molecule has 0 spiro atoms. The summed E-state index contributed by atoms with van der Waals surface area (Å²) in [6, 6.07) is 3.92. The Morgan fingerprint density at radius 1 is 1.15 bits per heavy atom. The lowest BCUT2D eigenvalue weighted by atomic mass is 10.1. The van der Waals surface area contributed by atoms with Gasteiger partial charge in [0.25, 0.3) is 5.91 Å². The standard InChI is InChI=1S/C17H20N2O7/c1-17(2)15(22)19(16(23)18-17)8-14(21)26-9-12(20)11-6-5-10(24-3)7-13(11)25-4/h5-7H,8-9H2,1-4H3,(H,18,23). The average molecular weight is 364 g/mol. The third-order valence-electron chi connectivity index (χ3n) is 3.80. The molecular weight excluding hydrogens is 344 g/mol. The van der Waals surface area contributed by atoms with Crippen LogP contribution < -0.4 is 14.8 Å². The van der Waals surface area contributed by atoms with Crippen molar-refractivity contribution in [1.29, 1.82) is 0 Å². The molecule has 0 unspecified atom stereocenters. The molecule has 0 bridgehead atoms. The number of ether oxygens (including phenoxy) is 3. The number of hydrogen-bond donors (Lipinski definition) is 1. The van der Waals surface area contributed by atoms with Gasteiger partial charge in [-0.15, -0.1) is 0 Å². The number of imide groups is 1. The van der Waals surface area contributed by atoms with Gasteiger partial charge in [0.1, 0.15) is 23.6 Å². The fourth-order valence-corrected chi connectivity index (χ4v) is 2.39. The highest BCUT2D eigenvalue weighted by atomic mass is 16.5. The van der Waals surface area contributed by atoms with E-state index in [0.29, 0.717) is 5.75 Å². The van der Waals surface area contributed by atoms with Gasteiger partial charge in [-0.1, -0.05) is 0 Å². The largest absolute Gasteiger partial charge is 0.497 e. The van der Waals surface area contributed by atoms with Crippen LogP contribution in [-0.2, 0) is 14.3 Å². The third kappa shape index (κ3) is 3.93. The Kier molecular flexibility index (Phi) is 5.49. The van der Waals surface area contributed by atoms with E-state index in [0.717, 1.165) is 4.90 Å². The minimum Gasteiger partial charge on any atom is -0.497 e. The fraction of sp³-hybridized carbons (Fsp3) is 0.412. The van der Waals surface area contributed by atoms with E-state index in [1.807, 2.05) is 0 Å². The Morgan fingerprint density at radius 2 is 1.85 bits per heavy atom. The van der Waals surface area contributed by atoms with Crippen LogP contribution in [0.3, 0.4) is 0 Å². The zero-order valence-corrected chi connectivity index (χ0v) is 15.0. The monoisotopic (exact) mass is 364 g/mol. The molecule has 1 N–H and O–H groups in total. The molecule has 1 aliphatic rings. The zero-order chi connectivity index (χ0) is 19.5. The molecule has 1 fully saturated rings. The smallest absolute Gasteiger partial charge is 0.326 e. The first-order chi connectivity index (χ1) is 12.2. The van der Waals surface area contributed by atoms with Crippen LogP contribution in [0.15, 0.2) is 18.2 Å². The topological polar surface area (TPSA) is 111 Å². The zero-order valence-electron chi connectivity index (χ0n) is 15.0. The van der Waals surface area contributed by atoms with E-state index in [-0.39, 0.29) is 11.3 Å². The number of methoxy groups -OCH3 is 2. The van der Waals surface area contributed by atoms with Crippen LogP contribution in [0.2, 0.25) is 0 Å². The van der Waals surface area contributed by atoms with E-state index in [4.69, 9.17) is 14.2 Å². The lowest BCUT2D eigenvalue weighted by molar-refractivity contribution is -0.146. The van der Waals surface area contributed by atoms with Crippen LogP contribution in [0.1, 0.15) is 24.2 Å². The number of benzene rings is 1. The van der Waals surface area contributed by atoms with Gasteiger partial charge in [0, 0.05) is 6.07 Å². The SMILES string of the molecule is COc1ccc(C(=O)COC(=O)CN2C(=O)NC(C)(C)C2=O)c(OC)c1. The van der Waals surface area contributed by atoms with Gasteiger partial charge in [-0.05, 0) is 26.0 Å². The van der Waals surface area contributed by atoms with E-state index in [9.17, 15) is 19.2 Å². The van der Waals surface area contributed by atoms with Gasteiger partial charge in [0.2, 0.25) is 5.78 Å². The predicted molar refractivity (Wildman–Crippen MR) is 89.2 cm³/mol. The van der Waals surface area contributed by atoms with Gasteiger partial charge in [-0.3, -0.25) is 19.3 Å². The van der Waals surface area contributed by atoms with Gasteiger partial charge in [-0.25, -0.2) is 4.79 Å². The molecule has 0 saturated carbocycles. The highest BCUT2D eigenvalue weighted by molar-refractivity contribution is 6.08. The normalized spacial score (nSPS) is 15.5. The minimum absolute atomic E-state index is 0.220. The van der Waals surface area contributed by atoms with Crippen molar-refractivity contribution >= 4 is 23.7 Å². The molecule has 9 heteroatoms. The first-order valence-electron chi connectivity index (χ1n) is 7.74. The Hall–Kier alpha value is -3.10. The van der Waals surface area contributed by atoms with Crippen LogP contribution in [0.4, 0.5) is 4.79 Å². The number of nitrogens with zero attached hydrogens (tertiary/aromatic N) is 1. The van der Waals surface area contributed by atoms with Crippen molar-refractivity contribution in [2.45, 2.75) is 19.4 Å². The summed E-state index contributed by atoms with van der Waals surface area (Å²) in [5.41, 5.74) is -0.860. The third-order valence-corrected chi connectivity index (χ3v) is 3.80. The number of carbonyl (C=O) groups is 4. The van der Waals surface area contributed by atoms with Crippen molar-refractivity contribution in [1.82, 2.24) is 10.2 Å². The number of Topliss-reactive ketones (excluding diaryl/α,β-unsaturated/α-hetero) is 1. The number of amides is 3. The van der Waals surface area contributed by atoms with Crippen LogP contribution >= 0.6 is 0 Å². The summed E-state index contributed by atoms with van der Waals surface area (Å²) in [5, 5.41) is 2.45.